The summed E-state index contributed by atoms with van der Waals surface area (Å²) >= 11 is 5.40. The van der Waals surface area contributed by atoms with Crippen molar-refractivity contribution in [3.05, 3.63) is 0 Å². The molecule has 0 atom stereocenters. The quantitative estimate of drug-likeness (QED) is 0.456. The van der Waals surface area contributed by atoms with Gasteiger partial charge in [-0.3, -0.25) is 9.11 Å². The van der Waals surface area contributed by atoms with Crippen molar-refractivity contribution in [3.8, 4) is 0 Å². The second-order valence-electron chi connectivity index (χ2n) is 2.17. The molecule has 0 saturated carbocycles. The van der Waals surface area contributed by atoms with Crippen LogP contribution in [0, 0.1) is 0 Å². The maximum Gasteiger partial charge on any atom is 0.0525 e. The molecule has 10 heavy (non-hydrogen) atoms. The summed E-state index contributed by atoms with van der Waals surface area (Å²) in [6.07, 6.45) is 2.57. The molecule has 0 unspecified atom stereocenters. The maximum absolute atomic E-state index is 8.70. The van der Waals surface area contributed by atoms with Gasteiger partial charge in [-0.2, -0.15) is 0 Å². The summed E-state index contributed by atoms with van der Waals surface area (Å²) in [6.45, 7) is 0. The average Bonchev–Trinajstić information content (AvgIpc) is 1.78. The Morgan fingerprint density at radius 1 is 1.20 bits per heavy atom. The molecule has 0 spiro atoms. The first-order valence-corrected chi connectivity index (χ1v) is 5.47. The van der Waals surface area contributed by atoms with Crippen LogP contribution in [0.3, 0.4) is 0 Å². The Balaban J connectivity index is 3.04. The summed E-state index contributed by atoms with van der Waals surface area (Å²) in [5, 5.41) is 4.98. The first-order valence-electron chi connectivity index (χ1n) is 3.16. The summed E-state index contributed by atoms with van der Waals surface area (Å²) in [6, 6.07) is 0. The second kappa shape index (κ2) is 5.21. The van der Waals surface area contributed by atoms with Gasteiger partial charge >= 0.3 is 0 Å². The van der Waals surface area contributed by atoms with Crippen LogP contribution < -0.4 is 5.14 Å². The molecule has 0 fully saturated rings. The molecule has 0 radical (unpaired) electrons. The first-order chi connectivity index (χ1) is 4.56. The van der Waals surface area contributed by atoms with Crippen LogP contribution in [0.2, 0.25) is 0 Å². The Bertz CT molecular complexity index is 86.2. The summed E-state index contributed by atoms with van der Waals surface area (Å²) in [4.78, 5) is 0. The monoisotopic (exact) mass is 187 g/mol. The lowest BCUT2D eigenvalue weighted by atomic mass is 10.3. The first kappa shape index (κ1) is 10.5. The number of hydrogen-bond donors (Lipinski definition) is 3. The summed E-state index contributed by atoms with van der Waals surface area (Å²) < 4.78 is 17.4. The van der Waals surface area contributed by atoms with E-state index in [2.05, 4.69) is 0 Å². The standard InChI is InChI=1S/C5H14ClNO2S/c6-4-2-1-3-5-10(7,8)9/h8-9H,1-5,7H2. The molecule has 0 aliphatic heterocycles. The van der Waals surface area contributed by atoms with Gasteiger partial charge in [0.25, 0.3) is 0 Å². The molecule has 0 amide bonds. The predicted molar refractivity (Wildman–Crippen MR) is 46.5 cm³/mol. The van der Waals surface area contributed by atoms with Crippen LogP contribution in [0.1, 0.15) is 19.3 Å². The van der Waals surface area contributed by atoms with Crippen molar-refractivity contribution < 1.29 is 9.11 Å². The molecule has 5 heteroatoms. The molecule has 0 aliphatic rings. The van der Waals surface area contributed by atoms with Gasteiger partial charge in [0.15, 0.2) is 0 Å². The molecule has 0 aromatic rings. The van der Waals surface area contributed by atoms with E-state index >= 15 is 0 Å². The van der Waals surface area contributed by atoms with Gasteiger partial charge in [0.2, 0.25) is 0 Å². The largest absolute Gasteiger partial charge is 0.286 e. The van der Waals surface area contributed by atoms with Crippen molar-refractivity contribution in [3.63, 3.8) is 0 Å². The van der Waals surface area contributed by atoms with Crippen molar-refractivity contribution in [2.75, 3.05) is 11.6 Å². The fraction of sp³-hybridized carbons (Fsp3) is 1.00. The lowest BCUT2D eigenvalue weighted by Gasteiger charge is -2.25. The van der Waals surface area contributed by atoms with Crippen molar-refractivity contribution in [1.29, 1.82) is 0 Å². The second-order valence-corrected chi connectivity index (χ2v) is 4.39. The summed E-state index contributed by atoms with van der Waals surface area (Å²) in [5.74, 6) is 0.924. The van der Waals surface area contributed by atoms with E-state index in [9.17, 15) is 0 Å². The fourth-order valence-corrected chi connectivity index (χ4v) is 1.40. The van der Waals surface area contributed by atoms with Gasteiger partial charge in [0.1, 0.15) is 0 Å². The van der Waals surface area contributed by atoms with Crippen molar-refractivity contribution in [2.24, 2.45) is 5.14 Å². The zero-order valence-electron chi connectivity index (χ0n) is 5.79. The number of nitrogens with two attached hydrogens (primary N) is 1. The van der Waals surface area contributed by atoms with E-state index in [1.165, 1.54) is 0 Å². The number of unbranched alkanes of at least 4 members (excludes halogenated alkanes) is 2. The highest BCUT2D eigenvalue weighted by Gasteiger charge is 2.02. The van der Waals surface area contributed by atoms with Crippen molar-refractivity contribution >= 4 is 22.4 Å². The van der Waals surface area contributed by atoms with Crippen LogP contribution >= 0.6 is 22.4 Å². The number of hydrogen-bond acceptors (Lipinski definition) is 3. The Kier molecular flexibility index (Phi) is 5.48. The summed E-state index contributed by atoms with van der Waals surface area (Å²) in [5.41, 5.74) is 0. The molecule has 3 nitrogen and oxygen atoms in total. The van der Waals surface area contributed by atoms with Crippen LogP contribution in [-0.4, -0.2) is 20.7 Å². The van der Waals surface area contributed by atoms with Gasteiger partial charge in [0.05, 0.1) is 5.75 Å². The maximum atomic E-state index is 8.70. The highest BCUT2D eigenvalue weighted by Crippen LogP contribution is 2.29. The minimum Gasteiger partial charge on any atom is -0.286 e. The normalized spacial score (nSPS) is 13.6. The molecule has 0 aromatic carbocycles. The fourth-order valence-electron chi connectivity index (χ4n) is 0.586. The number of alkyl halides is 1. The minimum absolute atomic E-state index is 0.296. The zero-order chi connectivity index (χ0) is 8.04. The number of halogens is 1. The van der Waals surface area contributed by atoms with Crippen LogP contribution in [0.5, 0.6) is 0 Å². The van der Waals surface area contributed by atoms with Gasteiger partial charge in [-0.1, -0.05) is 6.42 Å². The predicted octanol–water partition coefficient (Wildman–Crippen LogP) is 2.02. The van der Waals surface area contributed by atoms with Crippen LogP contribution in [0.4, 0.5) is 0 Å². The van der Waals surface area contributed by atoms with E-state index in [4.69, 9.17) is 25.8 Å². The highest BCUT2D eigenvalue weighted by molar-refractivity contribution is 8.22. The Hall–Kier alpha value is 0.520. The molecule has 0 bridgehead atoms. The smallest absolute Gasteiger partial charge is 0.0525 e. The lowest BCUT2D eigenvalue weighted by molar-refractivity contribution is 0.485. The van der Waals surface area contributed by atoms with E-state index < -0.39 is 10.8 Å². The van der Waals surface area contributed by atoms with E-state index in [0.29, 0.717) is 11.6 Å². The molecular formula is C5H14ClNO2S. The van der Waals surface area contributed by atoms with Gasteiger partial charge in [-0.25, -0.2) is 5.14 Å². The highest BCUT2D eigenvalue weighted by atomic mass is 35.5. The van der Waals surface area contributed by atoms with Crippen LogP contribution in [0.15, 0.2) is 0 Å². The Morgan fingerprint density at radius 3 is 2.20 bits per heavy atom. The lowest BCUT2D eigenvalue weighted by Crippen LogP contribution is -2.12. The van der Waals surface area contributed by atoms with Crippen molar-refractivity contribution in [1.82, 2.24) is 0 Å². The molecule has 0 heterocycles. The van der Waals surface area contributed by atoms with Gasteiger partial charge in [-0.05, 0) is 12.8 Å². The van der Waals surface area contributed by atoms with Gasteiger partial charge < -0.3 is 0 Å². The summed E-state index contributed by atoms with van der Waals surface area (Å²) in [7, 11) is -2.75. The third-order valence-corrected chi connectivity index (χ3v) is 2.24. The van der Waals surface area contributed by atoms with E-state index in [-0.39, 0.29) is 0 Å². The average molecular weight is 188 g/mol. The molecule has 4 N–H and O–H groups in total. The SMILES string of the molecule is NS(O)(O)CCCCCCl. The molecule has 0 aromatic heterocycles. The van der Waals surface area contributed by atoms with E-state index in [1.807, 2.05) is 0 Å². The van der Waals surface area contributed by atoms with Crippen molar-refractivity contribution in [2.45, 2.75) is 19.3 Å². The molecule has 0 saturated heterocycles. The molecular weight excluding hydrogens is 174 g/mol. The van der Waals surface area contributed by atoms with Gasteiger partial charge in [0, 0.05) is 5.88 Å². The Labute approximate surface area is 68.0 Å². The van der Waals surface area contributed by atoms with E-state index in [0.717, 1.165) is 19.3 Å². The topological polar surface area (TPSA) is 66.5 Å². The van der Waals surface area contributed by atoms with Crippen LogP contribution in [-0.2, 0) is 0 Å². The third-order valence-electron chi connectivity index (χ3n) is 1.08. The molecule has 0 aliphatic carbocycles. The molecule has 64 valence electrons. The number of rotatable bonds is 5. The third kappa shape index (κ3) is 8.52. The van der Waals surface area contributed by atoms with E-state index in [1.54, 1.807) is 0 Å². The molecule has 0 rings (SSSR count). The van der Waals surface area contributed by atoms with Gasteiger partial charge in [-0.15, -0.1) is 22.4 Å². The Morgan fingerprint density at radius 2 is 1.80 bits per heavy atom. The van der Waals surface area contributed by atoms with Crippen LogP contribution in [0.25, 0.3) is 0 Å². The zero-order valence-corrected chi connectivity index (χ0v) is 7.37. The minimum atomic E-state index is -2.75.